The fourth-order valence-corrected chi connectivity index (χ4v) is 3.37. The van der Waals surface area contributed by atoms with Crippen molar-refractivity contribution in [1.82, 2.24) is 4.98 Å². The second-order valence-corrected chi connectivity index (χ2v) is 8.67. The second kappa shape index (κ2) is 9.64. The zero-order chi connectivity index (χ0) is 25.0. The molecule has 0 bridgehead atoms. The first-order valence-corrected chi connectivity index (χ1v) is 10.6. The number of anilines is 3. The van der Waals surface area contributed by atoms with Crippen molar-refractivity contribution in [1.29, 1.82) is 0 Å². The molecule has 3 N–H and O–H groups in total. The molecule has 2 aromatic rings. The molecule has 0 aliphatic carbocycles. The van der Waals surface area contributed by atoms with Gasteiger partial charge in [-0.25, -0.2) is 18.2 Å². The minimum Gasteiger partial charge on any atom is -0.324 e. The molecule has 1 aromatic carbocycles. The van der Waals surface area contributed by atoms with Crippen LogP contribution >= 0.6 is 0 Å². The van der Waals surface area contributed by atoms with Crippen LogP contribution in [-0.4, -0.2) is 37.3 Å². The van der Waals surface area contributed by atoms with E-state index in [4.69, 9.17) is 0 Å². The summed E-state index contributed by atoms with van der Waals surface area (Å²) in [6.07, 6.45) is -10.5. The van der Waals surface area contributed by atoms with Crippen molar-refractivity contribution in [2.45, 2.75) is 30.7 Å². The first-order chi connectivity index (χ1) is 15.1. The molecule has 0 unspecified atom stereocenters. The maximum absolute atomic E-state index is 12.8. The number of carbonyl (C=O) groups is 2. The Labute approximate surface area is 183 Å². The Kier molecular flexibility index (Phi) is 7.57. The third-order valence-corrected chi connectivity index (χ3v) is 5.54. The fraction of sp³-hybridized carbons (Fsp3) is 0.278. The summed E-state index contributed by atoms with van der Waals surface area (Å²) in [4.78, 5) is 27.4. The minimum absolute atomic E-state index is 0.273. The van der Waals surface area contributed by atoms with Crippen LogP contribution in [0, 0.1) is 0 Å². The number of rotatable bonds is 6. The Bertz CT molecular complexity index is 1150. The Balaban J connectivity index is 2.30. The topological polar surface area (TPSA) is 117 Å². The van der Waals surface area contributed by atoms with Crippen molar-refractivity contribution in [2.75, 3.05) is 21.7 Å². The van der Waals surface area contributed by atoms with E-state index in [0.29, 0.717) is 6.07 Å². The number of hydrogen-bond acceptors (Lipinski definition) is 5. The smallest absolute Gasteiger partial charge is 0.324 e. The van der Waals surface area contributed by atoms with Crippen molar-refractivity contribution >= 4 is 38.8 Å². The highest BCUT2D eigenvalue weighted by atomic mass is 32.2. The summed E-state index contributed by atoms with van der Waals surface area (Å²) in [5.74, 6) is -1.92. The predicted octanol–water partition coefficient (Wildman–Crippen LogP) is 4.43. The Morgan fingerprint density at radius 2 is 1.64 bits per heavy atom. The van der Waals surface area contributed by atoms with Gasteiger partial charge in [-0.2, -0.15) is 26.3 Å². The molecule has 0 spiro atoms. The summed E-state index contributed by atoms with van der Waals surface area (Å²) >= 11 is 0. The van der Waals surface area contributed by atoms with E-state index in [1.807, 2.05) is 5.32 Å². The molecule has 1 heterocycles. The highest BCUT2D eigenvalue weighted by Crippen LogP contribution is 2.31. The van der Waals surface area contributed by atoms with Gasteiger partial charge < -0.3 is 16.0 Å². The van der Waals surface area contributed by atoms with Crippen LogP contribution in [0.15, 0.2) is 41.6 Å². The third-order valence-electron chi connectivity index (χ3n) is 3.87. The number of pyridine rings is 1. The maximum Gasteiger partial charge on any atom is 0.416 e. The summed E-state index contributed by atoms with van der Waals surface area (Å²) < 4.78 is 100.0. The van der Waals surface area contributed by atoms with Crippen molar-refractivity contribution in [3.05, 3.63) is 42.1 Å². The van der Waals surface area contributed by atoms with Crippen LogP contribution in [0.2, 0.25) is 0 Å². The number of alkyl halides is 6. The number of urea groups is 1. The van der Waals surface area contributed by atoms with E-state index < -0.39 is 62.6 Å². The zero-order valence-corrected chi connectivity index (χ0v) is 17.5. The summed E-state index contributed by atoms with van der Waals surface area (Å²) in [5, 5.41) is 5.37. The Morgan fingerprint density at radius 1 is 0.970 bits per heavy atom. The number of sulfone groups is 1. The van der Waals surface area contributed by atoms with E-state index in [-0.39, 0.29) is 11.4 Å². The van der Waals surface area contributed by atoms with E-state index >= 15 is 0 Å². The van der Waals surface area contributed by atoms with Gasteiger partial charge in [0, 0.05) is 5.69 Å². The van der Waals surface area contributed by atoms with Gasteiger partial charge in [0.25, 0.3) is 0 Å². The molecule has 0 fully saturated rings. The molecule has 0 saturated heterocycles. The van der Waals surface area contributed by atoms with E-state index in [9.17, 15) is 44.3 Å². The average Bonchev–Trinajstić information content (AvgIpc) is 2.66. The van der Waals surface area contributed by atoms with Crippen molar-refractivity contribution < 1.29 is 44.3 Å². The Morgan fingerprint density at radius 3 is 2.21 bits per heavy atom. The van der Waals surface area contributed by atoms with E-state index in [2.05, 4.69) is 15.6 Å². The van der Waals surface area contributed by atoms with Crippen molar-refractivity contribution in [2.24, 2.45) is 0 Å². The SMILES string of the molecule is CCS(=O)(=O)c1ncc(NC(=O)CC(F)(F)F)cc1NC(=O)Nc1cccc(C(F)(F)F)c1. The van der Waals surface area contributed by atoms with Gasteiger partial charge in [0.05, 0.1) is 28.9 Å². The number of nitrogens with zero attached hydrogens (tertiary/aromatic N) is 1. The van der Waals surface area contributed by atoms with Crippen LogP contribution < -0.4 is 16.0 Å². The summed E-state index contributed by atoms with van der Waals surface area (Å²) in [6, 6.07) is 3.27. The van der Waals surface area contributed by atoms with Crippen LogP contribution in [0.4, 0.5) is 48.2 Å². The van der Waals surface area contributed by atoms with E-state index in [0.717, 1.165) is 30.5 Å². The van der Waals surface area contributed by atoms with Gasteiger partial charge in [-0.05, 0) is 24.3 Å². The lowest BCUT2D eigenvalue weighted by Gasteiger charge is -2.14. The van der Waals surface area contributed by atoms with Gasteiger partial charge in [-0.15, -0.1) is 0 Å². The third kappa shape index (κ3) is 7.62. The normalized spacial score (nSPS) is 12.2. The van der Waals surface area contributed by atoms with E-state index in [1.54, 1.807) is 0 Å². The molecule has 8 nitrogen and oxygen atoms in total. The molecule has 2 rings (SSSR count). The lowest BCUT2D eigenvalue weighted by atomic mass is 10.2. The first kappa shape index (κ1) is 25.9. The molecule has 33 heavy (non-hydrogen) atoms. The highest BCUT2D eigenvalue weighted by Gasteiger charge is 2.32. The summed E-state index contributed by atoms with van der Waals surface area (Å²) in [7, 11) is -4.04. The molecule has 1 aromatic heterocycles. The zero-order valence-electron chi connectivity index (χ0n) is 16.6. The van der Waals surface area contributed by atoms with Gasteiger partial charge in [0.1, 0.15) is 6.42 Å². The summed E-state index contributed by atoms with van der Waals surface area (Å²) in [6.45, 7) is 1.27. The number of benzene rings is 1. The van der Waals surface area contributed by atoms with E-state index in [1.165, 1.54) is 6.92 Å². The van der Waals surface area contributed by atoms with Gasteiger partial charge in [-0.1, -0.05) is 13.0 Å². The number of halogens is 6. The van der Waals surface area contributed by atoms with Crippen molar-refractivity contribution in [3.8, 4) is 0 Å². The van der Waals surface area contributed by atoms with Gasteiger partial charge in [-0.3, -0.25) is 4.79 Å². The number of carbonyl (C=O) groups excluding carboxylic acids is 2. The van der Waals surface area contributed by atoms with Crippen LogP contribution in [0.1, 0.15) is 18.9 Å². The standard InChI is InChI=1S/C18H16F6N4O4S/c1-2-33(31,32)15-13(7-12(9-25-15)26-14(29)8-17(19,20)21)28-16(30)27-11-5-3-4-10(6-11)18(22,23)24/h3-7,9H,2,8H2,1H3,(H,26,29)(H2,27,28,30). The number of hydrogen-bond donors (Lipinski definition) is 3. The predicted molar refractivity (Wildman–Crippen MR) is 105 cm³/mol. The number of nitrogens with one attached hydrogen (secondary N) is 3. The average molecular weight is 498 g/mol. The first-order valence-electron chi connectivity index (χ1n) is 8.95. The lowest BCUT2D eigenvalue weighted by Crippen LogP contribution is -2.23. The molecular formula is C18H16F6N4O4S. The maximum atomic E-state index is 12.8. The fourth-order valence-electron chi connectivity index (χ4n) is 2.44. The van der Waals surface area contributed by atoms with Gasteiger partial charge in [0.15, 0.2) is 14.9 Å². The number of aromatic nitrogens is 1. The molecule has 0 aliphatic rings. The van der Waals surface area contributed by atoms with Crippen molar-refractivity contribution in [3.63, 3.8) is 0 Å². The molecule has 0 saturated carbocycles. The van der Waals surface area contributed by atoms with Crippen LogP contribution in [0.25, 0.3) is 0 Å². The molecule has 0 atom stereocenters. The second-order valence-electron chi connectivity index (χ2n) is 6.48. The molecule has 0 radical (unpaired) electrons. The quantitative estimate of drug-likeness (QED) is 0.510. The summed E-state index contributed by atoms with van der Waals surface area (Å²) in [5.41, 5.74) is -2.18. The number of amides is 3. The molecule has 180 valence electrons. The van der Waals surface area contributed by atoms with Crippen LogP contribution in [0.5, 0.6) is 0 Å². The molecule has 0 aliphatic heterocycles. The largest absolute Gasteiger partial charge is 0.416 e. The molecule has 15 heteroatoms. The van der Waals surface area contributed by atoms with Gasteiger partial charge in [0.2, 0.25) is 5.91 Å². The highest BCUT2D eigenvalue weighted by molar-refractivity contribution is 7.91. The van der Waals surface area contributed by atoms with Crippen LogP contribution in [-0.2, 0) is 20.8 Å². The van der Waals surface area contributed by atoms with Crippen LogP contribution in [0.3, 0.4) is 0 Å². The lowest BCUT2D eigenvalue weighted by molar-refractivity contribution is -0.150. The van der Waals surface area contributed by atoms with Gasteiger partial charge >= 0.3 is 18.4 Å². The minimum atomic E-state index is -4.80. The molecular weight excluding hydrogens is 482 g/mol. The Hall–Kier alpha value is -3.36. The molecule has 3 amide bonds. The monoisotopic (exact) mass is 498 g/mol.